The highest BCUT2D eigenvalue weighted by molar-refractivity contribution is 6.08. The van der Waals surface area contributed by atoms with Gasteiger partial charge in [0.25, 0.3) is 11.8 Å². The van der Waals surface area contributed by atoms with Gasteiger partial charge in [0, 0.05) is 37.3 Å². The van der Waals surface area contributed by atoms with E-state index in [1.807, 2.05) is 55.5 Å². The first-order chi connectivity index (χ1) is 18.1. The van der Waals surface area contributed by atoms with Crippen molar-refractivity contribution in [1.29, 1.82) is 0 Å². The fourth-order valence-electron chi connectivity index (χ4n) is 4.43. The van der Waals surface area contributed by atoms with Gasteiger partial charge < -0.3 is 15.0 Å². The zero-order chi connectivity index (χ0) is 27.4. The van der Waals surface area contributed by atoms with Gasteiger partial charge in [0.2, 0.25) is 0 Å². The van der Waals surface area contributed by atoms with E-state index in [-0.39, 0.29) is 25.0 Å². The van der Waals surface area contributed by atoms with Crippen LogP contribution in [0.25, 0.3) is 0 Å². The van der Waals surface area contributed by atoms with Crippen molar-refractivity contribution in [3.63, 3.8) is 0 Å². The highest BCUT2D eigenvalue weighted by atomic mass is 16.5. The normalized spacial score (nSPS) is 19.2. The molecule has 2 aliphatic rings. The highest BCUT2D eigenvalue weighted by Gasteiger charge is 2.50. The van der Waals surface area contributed by atoms with E-state index >= 15 is 0 Å². The number of amides is 4. The smallest absolute Gasteiger partial charge is 0.322 e. The minimum atomic E-state index is -1.40. The first-order valence-corrected chi connectivity index (χ1v) is 12.6. The monoisotopic (exact) mass is 515 g/mol. The summed E-state index contributed by atoms with van der Waals surface area (Å²) < 4.78 is 5.60. The largest absolute Gasteiger partial charge is 0.481 e. The topological polar surface area (TPSA) is 103 Å². The van der Waals surface area contributed by atoms with Gasteiger partial charge >= 0.3 is 6.03 Å². The Balaban J connectivity index is 1.56. The number of benzene rings is 2. The van der Waals surface area contributed by atoms with E-state index < -0.39 is 17.5 Å². The number of fused-ring (bicyclic) bond motifs is 1. The fourth-order valence-corrected chi connectivity index (χ4v) is 4.43. The van der Waals surface area contributed by atoms with E-state index in [1.165, 1.54) is 0 Å². The molecule has 9 nitrogen and oxygen atoms in total. The molecule has 0 spiro atoms. The van der Waals surface area contributed by atoms with Crippen LogP contribution in [0.1, 0.15) is 60.7 Å². The predicted octanol–water partition coefficient (Wildman–Crippen LogP) is 3.21. The molecule has 2 aromatic rings. The van der Waals surface area contributed by atoms with E-state index in [0.717, 1.165) is 11.1 Å². The molecule has 2 aliphatic heterocycles. The summed E-state index contributed by atoms with van der Waals surface area (Å²) in [5, 5.41) is 11.5. The Kier molecular flexibility index (Phi) is 7.72. The molecule has 198 valence electrons. The molecule has 38 heavy (non-hydrogen) atoms. The summed E-state index contributed by atoms with van der Waals surface area (Å²) in [4.78, 5) is 40.3. The molecular formula is C29H33N5O4. The number of nitrogens with one attached hydrogen (secondary N) is 2. The Labute approximate surface area is 223 Å². The third-order valence-corrected chi connectivity index (χ3v) is 6.97. The Morgan fingerprint density at radius 2 is 1.89 bits per heavy atom. The van der Waals surface area contributed by atoms with Crippen molar-refractivity contribution < 1.29 is 19.1 Å². The number of hydrogen-bond acceptors (Lipinski definition) is 6. The Morgan fingerprint density at radius 3 is 2.53 bits per heavy atom. The number of carbonyl (C=O) groups excluding carboxylic acids is 3. The molecule has 0 aliphatic carbocycles. The van der Waals surface area contributed by atoms with Crippen LogP contribution in [0.5, 0.6) is 5.75 Å². The summed E-state index contributed by atoms with van der Waals surface area (Å²) >= 11 is 0. The SMILES string of the molecule is CC#CCOc1ccc2c(c1)C(=O)N(C[C@@]1(c3ccc(C(C)/C=N\N(C)C(C)C)cc3)NC(=O)NC1=O)C2. The molecule has 9 heteroatoms. The molecule has 4 amide bonds. The molecule has 0 saturated carbocycles. The lowest BCUT2D eigenvalue weighted by molar-refractivity contribution is -0.124. The van der Waals surface area contributed by atoms with Gasteiger partial charge in [-0.1, -0.05) is 43.2 Å². The summed E-state index contributed by atoms with van der Waals surface area (Å²) in [6.07, 6.45) is 1.88. The quantitative estimate of drug-likeness (QED) is 0.231. The second-order valence-electron chi connectivity index (χ2n) is 9.85. The summed E-state index contributed by atoms with van der Waals surface area (Å²) in [7, 11) is 1.93. The number of hydrogen-bond donors (Lipinski definition) is 2. The van der Waals surface area contributed by atoms with Crippen LogP contribution in [-0.4, -0.2) is 60.2 Å². The first-order valence-electron chi connectivity index (χ1n) is 12.6. The molecule has 2 N–H and O–H groups in total. The van der Waals surface area contributed by atoms with E-state index in [2.05, 4.69) is 41.4 Å². The molecule has 2 aromatic carbocycles. The lowest BCUT2D eigenvalue weighted by atomic mass is 9.87. The zero-order valence-electron chi connectivity index (χ0n) is 22.4. The van der Waals surface area contributed by atoms with Gasteiger partial charge in [-0.25, -0.2) is 4.79 Å². The average molecular weight is 516 g/mol. The summed E-state index contributed by atoms with van der Waals surface area (Å²) in [6, 6.07) is 12.5. The van der Waals surface area contributed by atoms with Crippen LogP contribution in [0.4, 0.5) is 4.79 Å². The van der Waals surface area contributed by atoms with Crippen LogP contribution >= 0.6 is 0 Å². The molecular weight excluding hydrogens is 482 g/mol. The lowest BCUT2D eigenvalue weighted by Crippen LogP contribution is -2.52. The standard InChI is InChI=1S/C29H33N5O4/c1-6-7-14-38-24-13-10-22-17-34(26(35)25(22)15-24)18-29(27(36)31-28(37)32-29)23-11-8-21(9-12-23)20(4)16-30-33(5)19(2)3/h8-13,15-16,19-20H,14,17-18H2,1-5H3,(H2,31,32,36,37)/b30-16-/t20?,29-/m0/s1. The summed E-state index contributed by atoms with van der Waals surface area (Å²) in [6.45, 7) is 8.45. The minimum absolute atomic E-state index is 0.00880. The molecule has 0 aromatic heterocycles. The number of rotatable bonds is 9. The van der Waals surface area contributed by atoms with Gasteiger partial charge in [-0.05, 0) is 49.6 Å². The maximum atomic E-state index is 13.3. The maximum absolute atomic E-state index is 13.3. The van der Waals surface area contributed by atoms with E-state index in [0.29, 0.717) is 29.5 Å². The van der Waals surface area contributed by atoms with Crippen molar-refractivity contribution >= 4 is 24.1 Å². The van der Waals surface area contributed by atoms with Crippen molar-refractivity contribution in [2.75, 3.05) is 20.2 Å². The number of nitrogens with zero attached hydrogens (tertiary/aromatic N) is 3. The average Bonchev–Trinajstić information content (AvgIpc) is 3.37. The van der Waals surface area contributed by atoms with Gasteiger partial charge in [-0.15, -0.1) is 5.92 Å². The number of imide groups is 1. The second kappa shape index (κ2) is 11.0. The van der Waals surface area contributed by atoms with Crippen LogP contribution in [-0.2, 0) is 16.9 Å². The predicted molar refractivity (Wildman–Crippen MR) is 145 cm³/mol. The van der Waals surface area contributed by atoms with Crippen LogP contribution in [0, 0.1) is 11.8 Å². The van der Waals surface area contributed by atoms with E-state index in [4.69, 9.17) is 4.74 Å². The molecule has 2 atom stereocenters. The van der Waals surface area contributed by atoms with Crippen molar-refractivity contribution in [1.82, 2.24) is 20.5 Å². The van der Waals surface area contributed by atoms with Crippen LogP contribution in [0.2, 0.25) is 0 Å². The first kappa shape index (κ1) is 26.7. The Morgan fingerprint density at radius 1 is 1.16 bits per heavy atom. The second-order valence-corrected chi connectivity index (χ2v) is 9.85. The molecule has 1 unspecified atom stereocenters. The van der Waals surface area contributed by atoms with Crippen molar-refractivity contribution in [3.8, 4) is 17.6 Å². The Hall–Kier alpha value is -4.32. The van der Waals surface area contributed by atoms with E-state index in [9.17, 15) is 14.4 Å². The van der Waals surface area contributed by atoms with Crippen molar-refractivity contribution in [2.45, 2.75) is 51.7 Å². The van der Waals surface area contributed by atoms with E-state index in [1.54, 1.807) is 24.0 Å². The number of urea groups is 1. The molecule has 0 bridgehead atoms. The van der Waals surface area contributed by atoms with Gasteiger partial charge in [-0.2, -0.15) is 5.10 Å². The summed E-state index contributed by atoms with van der Waals surface area (Å²) in [5.74, 6) is 5.48. The minimum Gasteiger partial charge on any atom is -0.481 e. The Bertz CT molecular complexity index is 1320. The van der Waals surface area contributed by atoms with Gasteiger partial charge in [0.05, 0.1) is 6.54 Å². The van der Waals surface area contributed by atoms with Crippen LogP contribution < -0.4 is 15.4 Å². The maximum Gasteiger partial charge on any atom is 0.322 e. The van der Waals surface area contributed by atoms with Crippen LogP contribution in [0.3, 0.4) is 0 Å². The lowest BCUT2D eigenvalue weighted by Gasteiger charge is -2.31. The number of carbonyl (C=O) groups is 3. The van der Waals surface area contributed by atoms with Crippen LogP contribution in [0.15, 0.2) is 47.6 Å². The van der Waals surface area contributed by atoms with Crippen molar-refractivity contribution in [3.05, 3.63) is 64.7 Å². The molecule has 1 fully saturated rings. The van der Waals surface area contributed by atoms with Gasteiger partial charge in [-0.3, -0.25) is 19.9 Å². The third kappa shape index (κ3) is 5.35. The molecule has 4 rings (SSSR count). The molecule has 1 saturated heterocycles. The van der Waals surface area contributed by atoms with Gasteiger partial charge in [0.1, 0.15) is 12.4 Å². The number of hydrazone groups is 1. The van der Waals surface area contributed by atoms with Gasteiger partial charge in [0.15, 0.2) is 5.54 Å². The molecule has 0 radical (unpaired) electrons. The summed E-state index contributed by atoms with van der Waals surface area (Å²) in [5.41, 5.74) is 1.55. The highest BCUT2D eigenvalue weighted by Crippen LogP contribution is 2.33. The third-order valence-electron chi connectivity index (χ3n) is 6.97. The van der Waals surface area contributed by atoms with Crippen molar-refractivity contribution in [2.24, 2.45) is 5.10 Å². The zero-order valence-corrected chi connectivity index (χ0v) is 22.4. The molecule has 2 heterocycles. The fraction of sp³-hybridized carbons (Fsp3) is 0.379. The number of ether oxygens (including phenoxy) is 1.